The van der Waals surface area contributed by atoms with Gasteiger partial charge in [0, 0.05) is 10.8 Å². The third-order valence-corrected chi connectivity index (χ3v) is 8.54. The number of aryl methyl sites for hydroxylation is 2. The first-order valence-electron chi connectivity index (χ1n) is 11.8. The Hall–Kier alpha value is -2.42. The van der Waals surface area contributed by atoms with Gasteiger partial charge in [0.1, 0.15) is 5.54 Å². The summed E-state index contributed by atoms with van der Waals surface area (Å²) < 4.78 is 5.17. The largest absolute Gasteiger partial charge is 0.299 e. The maximum Gasteiger partial charge on any atom is 0.299 e. The van der Waals surface area contributed by atoms with Crippen molar-refractivity contribution in [1.82, 2.24) is 9.38 Å². The lowest BCUT2D eigenvalue weighted by atomic mass is 9.62. The van der Waals surface area contributed by atoms with E-state index in [0.717, 1.165) is 24.2 Å². The summed E-state index contributed by atoms with van der Waals surface area (Å²) in [4.78, 5) is 5.31. The molecule has 0 N–H and O–H groups in total. The van der Waals surface area contributed by atoms with Crippen molar-refractivity contribution in [1.29, 1.82) is 0 Å². The van der Waals surface area contributed by atoms with Gasteiger partial charge in [0.05, 0.1) is 10.9 Å². The van der Waals surface area contributed by atoms with E-state index >= 15 is 0 Å². The minimum absolute atomic E-state index is 0.0252. The van der Waals surface area contributed by atoms with Crippen molar-refractivity contribution in [3.8, 4) is 0 Å². The van der Waals surface area contributed by atoms with Gasteiger partial charge in [-0.3, -0.25) is 0 Å². The molecule has 0 saturated carbocycles. The second-order valence-electron chi connectivity index (χ2n) is 11.1. The highest BCUT2D eigenvalue weighted by Gasteiger charge is 2.55. The Bertz CT molecular complexity index is 1390. The number of aromatic nitrogens is 3. The summed E-state index contributed by atoms with van der Waals surface area (Å²) in [6.07, 6.45) is 2.17. The molecule has 162 valence electrons. The molecule has 3 nitrogen and oxygen atoms in total. The summed E-state index contributed by atoms with van der Waals surface area (Å²) >= 11 is 0. The summed E-state index contributed by atoms with van der Waals surface area (Å²) in [5.41, 5.74) is 9.12. The van der Waals surface area contributed by atoms with Crippen LogP contribution in [-0.2, 0) is 16.4 Å². The number of hydrogen-bond acceptors (Lipinski definition) is 1. The van der Waals surface area contributed by atoms with Gasteiger partial charge in [-0.2, -0.15) is 4.40 Å². The van der Waals surface area contributed by atoms with Crippen LogP contribution in [0.15, 0.2) is 30.3 Å². The molecular weight excluding hydrogens is 378 g/mol. The van der Waals surface area contributed by atoms with Crippen LogP contribution in [0.25, 0.3) is 27.6 Å². The zero-order valence-electron chi connectivity index (χ0n) is 20.6. The standard InChI is InChI=1S/C28H36N3/c1-10-27(8)19-13-12-14-20-23(19)24-30(25(29-20)26(5,6)7)21-15-17(3)18(4)16-22(21)31(24)28(27,9)11-2/h12-16H,10-11H2,1-9H3/q+1. The molecule has 2 aromatic heterocycles. The third kappa shape index (κ3) is 2.30. The monoisotopic (exact) mass is 414 g/mol. The van der Waals surface area contributed by atoms with Gasteiger partial charge in [0.25, 0.3) is 5.65 Å². The fraction of sp³-hybridized carbons (Fsp3) is 0.500. The van der Waals surface area contributed by atoms with Gasteiger partial charge < -0.3 is 0 Å². The van der Waals surface area contributed by atoms with E-state index in [2.05, 4.69) is 102 Å². The fourth-order valence-electron chi connectivity index (χ4n) is 6.06. The molecule has 0 fully saturated rings. The van der Waals surface area contributed by atoms with E-state index in [9.17, 15) is 0 Å². The molecule has 0 aliphatic carbocycles. The lowest BCUT2D eigenvalue weighted by Crippen LogP contribution is -2.66. The number of imidazole rings is 1. The Kier molecular flexibility index (Phi) is 4.02. The smallest absolute Gasteiger partial charge is 0.216 e. The van der Waals surface area contributed by atoms with E-state index in [1.54, 1.807) is 0 Å². The molecule has 1 aliphatic heterocycles. The number of nitrogens with zero attached hydrogens (tertiary/aromatic N) is 3. The lowest BCUT2D eigenvalue weighted by molar-refractivity contribution is -0.728. The average Bonchev–Trinajstić information content (AvgIpc) is 3.05. The van der Waals surface area contributed by atoms with Crippen LogP contribution >= 0.6 is 0 Å². The Morgan fingerprint density at radius 3 is 2.29 bits per heavy atom. The fourth-order valence-corrected chi connectivity index (χ4v) is 6.06. The molecule has 2 aromatic carbocycles. The molecule has 0 amide bonds. The van der Waals surface area contributed by atoms with Gasteiger partial charge in [-0.1, -0.05) is 53.7 Å². The van der Waals surface area contributed by atoms with E-state index in [0.29, 0.717) is 0 Å². The third-order valence-electron chi connectivity index (χ3n) is 8.54. The molecular formula is C28H36N3+. The maximum absolute atomic E-state index is 5.31. The highest BCUT2D eigenvalue weighted by atomic mass is 15.2. The first kappa shape index (κ1) is 20.5. The van der Waals surface area contributed by atoms with Crippen molar-refractivity contribution in [3.05, 3.63) is 52.8 Å². The summed E-state index contributed by atoms with van der Waals surface area (Å²) in [7, 11) is 0. The summed E-state index contributed by atoms with van der Waals surface area (Å²) in [6.45, 7) is 21.0. The predicted molar refractivity (Wildman–Crippen MR) is 130 cm³/mol. The van der Waals surface area contributed by atoms with Crippen LogP contribution < -0.4 is 4.57 Å². The van der Waals surface area contributed by atoms with Gasteiger partial charge in [-0.15, -0.1) is 0 Å². The number of hydrogen-bond donors (Lipinski definition) is 0. The van der Waals surface area contributed by atoms with Gasteiger partial charge in [0.2, 0.25) is 5.82 Å². The van der Waals surface area contributed by atoms with Crippen LogP contribution in [-0.4, -0.2) is 9.38 Å². The molecule has 0 radical (unpaired) electrons. The van der Waals surface area contributed by atoms with Gasteiger partial charge in [-0.25, -0.2) is 9.55 Å². The van der Waals surface area contributed by atoms with Crippen LogP contribution in [0, 0.1) is 13.8 Å². The van der Waals surface area contributed by atoms with Crippen molar-refractivity contribution >= 4 is 27.6 Å². The van der Waals surface area contributed by atoms with E-state index in [-0.39, 0.29) is 16.4 Å². The quantitative estimate of drug-likeness (QED) is 0.336. The average molecular weight is 415 g/mol. The Balaban J connectivity index is 2.21. The van der Waals surface area contributed by atoms with Crippen LogP contribution in [0.4, 0.5) is 0 Å². The summed E-state index contributed by atoms with van der Waals surface area (Å²) in [5.74, 6) is 1.14. The highest BCUT2D eigenvalue weighted by Crippen LogP contribution is 2.50. The molecule has 0 spiro atoms. The Morgan fingerprint density at radius 1 is 1.00 bits per heavy atom. The normalized spacial score (nSPS) is 23.5. The first-order valence-corrected chi connectivity index (χ1v) is 11.8. The zero-order chi connectivity index (χ0) is 22.5. The van der Waals surface area contributed by atoms with Gasteiger partial charge in [0.15, 0.2) is 11.0 Å². The second kappa shape index (κ2) is 6.09. The molecule has 1 aliphatic rings. The zero-order valence-corrected chi connectivity index (χ0v) is 20.6. The van der Waals surface area contributed by atoms with Crippen LogP contribution in [0.1, 0.15) is 83.8 Å². The SMILES string of the molecule is CCC1(C)c2cccc3nc(C(C)(C)C)n4c5cc(C)c(C)cc5[n+](c4c23)C1(C)CC. The molecule has 4 aromatic rings. The Morgan fingerprint density at radius 2 is 1.68 bits per heavy atom. The molecule has 3 heteroatoms. The summed E-state index contributed by atoms with van der Waals surface area (Å²) in [5, 5.41) is 1.33. The van der Waals surface area contributed by atoms with Crippen molar-refractivity contribution < 1.29 is 4.57 Å². The molecule has 0 bridgehead atoms. The van der Waals surface area contributed by atoms with E-state index in [4.69, 9.17) is 4.98 Å². The van der Waals surface area contributed by atoms with Crippen molar-refractivity contribution in [3.63, 3.8) is 0 Å². The topological polar surface area (TPSA) is 21.2 Å². The molecule has 2 atom stereocenters. The summed E-state index contributed by atoms with van der Waals surface area (Å²) in [6, 6.07) is 11.6. The Labute approximate surface area is 186 Å². The number of fused-ring (bicyclic) bond motifs is 3. The van der Waals surface area contributed by atoms with Crippen molar-refractivity contribution in [2.75, 3.05) is 0 Å². The molecule has 5 rings (SSSR count). The van der Waals surface area contributed by atoms with Gasteiger partial charge in [-0.05, 0) is 68.5 Å². The second-order valence-corrected chi connectivity index (χ2v) is 11.1. The molecule has 3 heterocycles. The predicted octanol–water partition coefficient (Wildman–Crippen LogP) is 6.65. The van der Waals surface area contributed by atoms with Crippen molar-refractivity contribution in [2.24, 2.45) is 0 Å². The van der Waals surface area contributed by atoms with E-state index in [1.165, 1.54) is 38.8 Å². The first-order chi connectivity index (χ1) is 14.5. The van der Waals surface area contributed by atoms with Crippen LogP contribution in [0.5, 0.6) is 0 Å². The van der Waals surface area contributed by atoms with Crippen LogP contribution in [0.2, 0.25) is 0 Å². The van der Waals surface area contributed by atoms with Gasteiger partial charge >= 0.3 is 0 Å². The minimum atomic E-state index is -0.0686. The number of rotatable bonds is 2. The van der Waals surface area contributed by atoms with E-state index < -0.39 is 0 Å². The van der Waals surface area contributed by atoms with Crippen molar-refractivity contribution in [2.45, 2.75) is 91.5 Å². The van der Waals surface area contributed by atoms with E-state index in [1.807, 2.05) is 0 Å². The molecule has 31 heavy (non-hydrogen) atoms. The molecule has 0 saturated heterocycles. The number of benzene rings is 2. The highest BCUT2D eigenvalue weighted by molar-refractivity contribution is 5.98. The minimum Gasteiger partial charge on any atom is -0.216 e. The maximum atomic E-state index is 5.31. The lowest BCUT2D eigenvalue weighted by Gasteiger charge is -2.46. The van der Waals surface area contributed by atoms with Crippen LogP contribution in [0.3, 0.4) is 0 Å². The molecule has 2 unspecified atom stereocenters.